The molecule has 0 unspecified atom stereocenters. The maximum absolute atomic E-state index is 13.1. The number of rotatable bonds is 8. The highest BCUT2D eigenvalue weighted by atomic mass is 32.2. The molecule has 0 saturated heterocycles. The first-order valence-corrected chi connectivity index (χ1v) is 10.5. The molecule has 0 saturated carbocycles. The Morgan fingerprint density at radius 1 is 1.11 bits per heavy atom. The van der Waals surface area contributed by atoms with Crippen LogP contribution in [0.15, 0.2) is 67.0 Å². The third-order valence-corrected chi connectivity index (χ3v) is 5.62. The highest BCUT2D eigenvalue weighted by molar-refractivity contribution is 7.90. The van der Waals surface area contributed by atoms with Crippen LogP contribution in [-0.4, -0.2) is 29.6 Å². The van der Waals surface area contributed by atoms with Crippen LogP contribution in [0.25, 0.3) is 0 Å². The van der Waals surface area contributed by atoms with Gasteiger partial charge in [0, 0.05) is 31.0 Å². The fourth-order valence-electron chi connectivity index (χ4n) is 2.71. The molecule has 0 spiro atoms. The van der Waals surface area contributed by atoms with Gasteiger partial charge in [0.05, 0.1) is 5.75 Å². The van der Waals surface area contributed by atoms with Gasteiger partial charge in [0.25, 0.3) is 0 Å². The Bertz CT molecular complexity index is 1050. The Labute approximate surface area is 163 Å². The van der Waals surface area contributed by atoms with Crippen molar-refractivity contribution in [3.63, 3.8) is 0 Å². The molecule has 6 nitrogen and oxygen atoms in total. The molecule has 0 aliphatic carbocycles. The molecule has 1 N–H and O–H groups in total. The summed E-state index contributed by atoms with van der Waals surface area (Å²) >= 11 is 0. The van der Waals surface area contributed by atoms with Gasteiger partial charge >= 0.3 is 0 Å². The topological polar surface area (TPSA) is 81.1 Å². The molecule has 1 aromatic heterocycles. The van der Waals surface area contributed by atoms with E-state index in [1.165, 1.54) is 24.3 Å². The van der Waals surface area contributed by atoms with Gasteiger partial charge in [-0.1, -0.05) is 36.4 Å². The van der Waals surface area contributed by atoms with Gasteiger partial charge in [0.2, 0.25) is 5.91 Å². The molecule has 1 amide bonds. The monoisotopic (exact) mass is 401 g/mol. The van der Waals surface area contributed by atoms with Crippen LogP contribution in [0.4, 0.5) is 10.1 Å². The molecule has 3 aromatic rings. The van der Waals surface area contributed by atoms with Gasteiger partial charge < -0.3 is 9.88 Å². The Balaban J connectivity index is 1.57. The summed E-state index contributed by atoms with van der Waals surface area (Å²) in [7, 11) is -3.53. The summed E-state index contributed by atoms with van der Waals surface area (Å²) in [6.07, 6.45) is 3.08. The first kappa shape index (κ1) is 19.8. The van der Waals surface area contributed by atoms with Crippen LogP contribution in [-0.2, 0) is 26.9 Å². The van der Waals surface area contributed by atoms with Crippen molar-refractivity contribution in [2.24, 2.45) is 0 Å². The van der Waals surface area contributed by atoms with Crippen molar-refractivity contribution >= 4 is 21.4 Å². The zero-order valence-electron chi connectivity index (χ0n) is 15.1. The largest absolute Gasteiger partial charge is 0.330 e. The summed E-state index contributed by atoms with van der Waals surface area (Å²) in [6, 6.07) is 15.1. The standard InChI is InChI=1S/C20H20FN3O3S/c21-17-7-4-8-18(13-17)23-20(25)9-12-28(26,27)15-19-22-10-11-24(19)14-16-5-2-1-3-6-16/h1-8,10-11,13H,9,12,14-15H2,(H,23,25). The Kier molecular flexibility index (Phi) is 6.20. The number of benzene rings is 2. The van der Waals surface area contributed by atoms with E-state index >= 15 is 0 Å². The minimum atomic E-state index is -3.53. The number of nitrogens with zero attached hydrogens (tertiary/aromatic N) is 2. The van der Waals surface area contributed by atoms with Crippen LogP contribution in [0.3, 0.4) is 0 Å². The summed E-state index contributed by atoms with van der Waals surface area (Å²) in [5.74, 6) is -1.10. The van der Waals surface area contributed by atoms with Crippen molar-refractivity contribution in [2.45, 2.75) is 18.7 Å². The molecule has 0 atom stereocenters. The maximum atomic E-state index is 13.1. The number of aromatic nitrogens is 2. The van der Waals surface area contributed by atoms with Gasteiger partial charge in [0.15, 0.2) is 9.84 Å². The Morgan fingerprint density at radius 3 is 2.64 bits per heavy atom. The summed E-state index contributed by atoms with van der Waals surface area (Å²) < 4.78 is 39.8. The number of sulfone groups is 1. The first-order valence-electron chi connectivity index (χ1n) is 8.71. The lowest BCUT2D eigenvalue weighted by Gasteiger charge is -2.09. The maximum Gasteiger partial charge on any atom is 0.225 e. The van der Waals surface area contributed by atoms with E-state index in [0.29, 0.717) is 18.1 Å². The zero-order chi connectivity index (χ0) is 20.0. The normalized spacial score (nSPS) is 11.3. The number of halogens is 1. The van der Waals surface area contributed by atoms with Crippen molar-refractivity contribution in [3.8, 4) is 0 Å². The third kappa shape index (κ3) is 5.75. The molecule has 3 rings (SSSR count). The van der Waals surface area contributed by atoms with Gasteiger partial charge in [-0.05, 0) is 23.8 Å². The van der Waals surface area contributed by atoms with E-state index in [1.54, 1.807) is 17.0 Å². The van der Waals surface area contributed by atoms with E-state index in [9.17, 15) is 17.6 Å². The third-order valence-electron chi connectivity index (χ3n) is 4.09. The van der Waals surface area contributed by atoms with Crippen molar-refractivity contribution in [2.75, 3.05) is 11.1 Å². The van der Waals surface area contributed by atoms with Crippen molar-refractivity contribution < 1.29 is 17.6 Å². The minimum Gasteiger partial charge on any atom is -0.330 e. The number of hydrogen-bond donors (Lipinski definition) is 1. The molecule has 8 heteroatoms. The molecule has 28 heavy (non-hydrogen) atoms. The first-order chi connectivity index (χ1) is 13.4. The summed E-state index contributed by atoms with van der Waals surface area (Å²) in [5, 5.41) is 2.49. The summed E-state index contributed by atoms with van der Waals surface area (Å²) in [5.41, 5.74) is 1.33. The van der Waals surface area contributed by atoms with E-state index < -0.39 is 21.6 Å². The highest BCUT2D eigenvalue weighted by Gasteiger charge is 2.18. The molecule has 0 aliphatic heterocycles. The Morgan fingerprint density at radius 2 is 1.89 bits per heavy atom. The van der Waals surface area contributed by atoms with E-state index in [4.69, 9.17) is 0 Å². The van der Waals surface area contributed by atoms with Crippen LogP contribution >= 0.6 is 0 Å². The lowest BCUT2D eigenvalue weighted by atomic mass is 10.2. The second-order valence-corrected chi connectivity index (χ2v) is 8.54. The molecule has 0 bridgehead atoms. The molecule has 0 radical (unpaired) electrons. The SMILES string of the molecule is O=C(CCS(=O)(=O)Cc1nccn1Cc1ccccc1)Nc1cccc(F)c1. The van der Waals surface area contributed by atoms with Crippen LogP contribution in [0.5, 0.6) is 0 Å². The van der Waals surface area contributed by atoms with Crippen molar-refractivity contribution in [1.82, 2.24) is 9.55 Å². The van der Waals surface area contributed by atoms with Crippen LogP contribution in [0.2, 0.25) is 0 Å². The zero-order valence-corrected chi connectivity index (χ0v) is 15.9. The summed E-state index contributed by atoms with van der Waals surface area (Å²) in [6.45, 7) is 0.520. The Hall–Kier alpha value is -3.00. The molecular weight excluding hydrogens is 381 g/mol. The summed E-state index contributed by atoms with van der Waals surface area (Å²) in [4.78, 5) is 16.1. The molecule has 1 heterocycles. The van der Waals surface area contributed by atoms with Crippen LogP contribution in [0, 0.1) is 5.82 Å². The number of carbonyl (C=O) groups is 1. The number of anilines is 1. The van der Waals surface area contributed by atoms with Gasteiger partial charge in [-0.15, -0.1) is 0 Å². The van der Waals surface area contributed by atoms with Gasteiger partial charge in [-0.3, -0.25) is 4.79 Å². The lowest BCUT2D eigenvalue weighted by molar-refractivity contribution is -0.115. The molecule has 146 valence electrons. The average Bonchev–Trinajstić information content (AvgIpc) is 3.07. The van der Waals surface area contributed by atoms with Gasteiger partial charge in [0.1, 0.15) is 17.4 Å². The van der Waals surface area contributed by atoms with Crippen molar-refractivity contribution in [1.29, 1.82) is 0 Å². The second-order valence-electron chi connectivity index (χ2n) is 6.36. The van der Waals surface area contributed by atoms with Gasteiger partial charge in [-0.2, -0.15) is 0 Å². The predicted molar refractivity (Wildman–Crippen MR) is 105 cm³/mol. The molecular formula is C20H20FN3O3S. The molecule has 0 fully saturated rings. The average molecular weight is 401 g/mol. The number of hydrogen-bond acceptors (Lipinski definition) is 4. The smallest absolute Gasteiger partial charge is 0.225 e. The highest BCUT2D eigenvalue weighted by Crippen LogP contribution is 2.12. The van der Waals surface area contributed by atoms with Crippen LogP contribution in [0.1, 0.15) is 17.8 Å². The molecule has 2 aromatic carbocycles. The lowest BCUT2D eigenvalue weighted by Crippen LogP contribution is -2.19. The number of carbonyl (C=O) groups excluding carboxylic acids is 1. The second kappa shape index (κ2) is 8.79. The van der Waals surface area contributed by atoms with E-state index in [0.717, 1.165) is 5.56 Å². The fourth-order valence-corrected chi connectivity index (χ4v) is 3.99. The number of amides is 1. The quantitative estimate of drug-likeness (QED) is 0.629. The number of imidazole rings is 1. The molecule has 0 aliphatic rings. The predicted octanol–water partition coefficient (Wildman–Crippen LogP) is 3.01. The minimum absolute atomic E-state index is 0.210. The van der Waals surface area contributed by atoms with Crippen LogP contribution < -0.4 is 5.32 Å². The van der Waals surface area contributed by atoms with Crippen molar-refractivity contribution in [3.05, 3.63) is 84.2 Å². The fraction of sp³-hybridized carbons (Fsp3) is 0.200. The van der Waals surface area contributed by atoms with E-state index in [-0.39, 0.29) is 17.9 Å². The van der Waals surface area contributed by atoms with Gasteiger partial charge in [-0.25, -0.2) is 17.8 Å². The number of nitrogens with one attached hydrogen (secondary N) is 1. The van der Waals surface area contributed by atoms with E-state index in [2.05, 4.69) is 10.3 Å². The van der Waals surface area contributed by atoms with E-state index in [1.807, 2.05) is 30.3 Å².